The predicted octanol–water partition coefficient (Wildman–Crippen LogP) is 6.43. The molecule has 266 valence electrons. The molecular weight excluding hydrogens is 679 g/mol. The van der Waals surface area contributed by atoms with E-state index in [4.69, 9.17) is 23.9 Å². The number of carbonyl (C=O) groups excluding carboxylic acids is 2. The number of anilines is 1. The number of aromatic nitrogens is 1. The molecule has 0 bridgehead atoms. The molecule has 1 aliphatic heterocycles. The van der Waals surface area contributed by atoms with Crippen molar-refractivity contribution in [1.82, 2.24) is 4.57 Å². The maximum absolute atomic E-state index is 14.3. The van der Waals surface area contributed by atoms with Crippen LogP contribution in [0.4, 0.5) is 5.69 Å². The second kappa shape index (κ2) is 16.4. The van der Waals surface area contributed by atoms with Crippen LogP contribution in [0.3, 0.4) is 0 Å². The van der Waals surface area contributed by atoms with Crippen molar-refractivity contribution in [2.75, 3.05) is 25.1 Å². The molecule has 10 nitrogen and oxygen atoms in total. The van der Waals surface area contributed by atoms with Gasteiger partial charge in [-0.15, -0.1) is 0 Å². The maximum Gasteiger partial charge on any atom is 0.338 e. The number of nitrogens with one attached hydrogen (secondary N) is 1. The molecule has 1 aliphatic rings. The molecule has 0 aliphatic carbocycles. The minimum absolute atomic E-state index is 0.256. The lowest BCUT2D eigenvalue weighted by Crippen LogP contribution is -2.40. The highest BCUT2D eigenvalue weighted by Crippen LogP contribution is 2.32. The molecule has 1 N–H and O–H groups in total. The molecule has 52 heavy (non-hydrogen) atoms. The number of hydrogen-bond acceptors (Lipinski definition) is 9. The number of amides is 1. The van der Waals surface area contributed by atoms with Gasteiger partial charge in [0.1, 0.15) is 12.4 Å². The molecular formula is C41H39N3O7S. The fourth-order valence-corrected chi connectivity index (χ4v) is 6.87. The topological polar surface area (TPSA) is 117 Å². The van der Waals surface area contributed by atoms with Gasteiger partial charge >= 0.3 is 5.97 Å². The maximum atomic E-state index is 14.3. The standard InChI is InChI=1S/C41H39N3O7S/c1-5-48-32-20-18-29(19-21-32)37-36(38(45)43-31-11-9-8-10-12-31)26(4)42-41-44(37)39(46)35(52-41)24-28-15-22-33(34(23-28)49-6-2)51-25-27-13-16-30(17-14-27)40(47)50-7-3/h8-24,37H,5-7,25H2,1-4H3,(H,43,45)/b35-24-/t37-/m0/s1. The Morgan fingerprint density at radius 2 is 1.58 bits per heavy atom. The number of rotatable bonds is 13. The Hall–Kier alpha value is -5.94. The molecule has 0 unspecified atom stereocenters. The summed E-state index contributed by atoms with van der Waals surface area (Å²) in [6, 6.07) is 28.5. The third kappa shape index (κ3) is 8.00. The van der Waals surface area contributed by atoms with Crippen LogP contribution in [0.5, 0.6) is 17.2 Å². The van der Waals surface area contributed by atoms with Gasteiger partial charge in [-0.3, -0.25) is 14.2 Å². The van der Waals surface area contributed by atoms with Gasteiger partial charge in [-0.1, -0.05) is 59.9 Å². The summed E-state index contributed by atoms with van der Waals surface area (Å²) in [5.74, 6) is 1.05. The molecule has 4 aromatic carbocycles. The summed E-state index contributed by atoms with van der Waals surface area (Å²) in [6.07, 6.45) is 1.79. The minimum Gasteiger partial charge on any atom is -0.494 e. The van der Waals surface area contributed by atoms with Crippen LogP contribution in [0.15, 0.2) is 118 Å². The number of ether oxygens (including phenoxy) is 4. The van der Waals surface area contributed by atoms with Crippen LogP contribution in [-0.2, 0) is 16.1 Å². The summed E-state index contributed by atoms with van der Waals surface area (Å²) >= 11 is 1.26. The van der Waals surface area contributed by atoms with Gasteiger partial charge in [0.15, 0.2) is 16.3 Å². The highest BCUT2D eigenvalue weighted by atomic mass is 32.1. The Morgan fingerprint density at radius 1 is 0.846 bits per heavy atom. The number of nitrogens with zero attached hydrogens (tertiary/aromatic N) is 2. The molecule has 1 aromatic heterocycles. The van der Waals surface area contributed by atoms with Crippen molar-refractivity contribution in [3.05, 3.63) is 150 Å². The van der Waals surface area contributed by atoms with Gasteiger partial charge in [-0.05, 0) is 99.0 Å². The van der Waals surface area contributed by atoms with Crippen LogP contribution in [0.2, 0.25) is 0 Å². The average Bonchev–Trinajstić information content (AvgIpc) is 3.45. The normalized spacial score (nSPS) is 13.9. The molecule has 1 amide bonds. The van der Waals surface area contributed by atoms with E-state index >= 15 is 0 Å². The molecule has 0 saturated carbocycles. The molecule has 0 spiro atoms. The zero-order valence-electron chi connectivity index (χ0n) is 29.4. The first kappa shape index (κ1) is 35.9. The van der Waals surface area contributed by atoms with E-state index in [2.05, 4.69) is 5.32 Å². The van der Waals surface area contributed by atoms with E-state index in [1.807, 2.05) is 92.7 Å². The first-order chi connectivity index (χ1) is 25.3. The van der Waals surface area contributed by atoms with Gasteiger partial charge in [0, 0.05) is 5.69 Å². The van der Waals surface area contributed by atoms with Gasteiger partial charge in [0.2, 0.25) is 0 Å². The number of benzene rings is 4. The summed E-state index contributed by atoms with van der Waals surface area (Å²) in [4.78, 5) is 45.4. The van der Waals surface area contributed by atoms with Gasteiger partial charge in [-0.25, -0.2) is 9.79 Å². The molecule has 11 heteroatoms. The van der Waals surface area contributed by atoms with Crippen LogP contribution >= 0.6 is 11.3 Å². The van der Waals surface area contributed by atoms with Crippen molar-refractivity contribution < 1.29 is 28.5 Å². The zero-order chi connectivity index (χ0) is 36.6. The zero-order valence-corrected chi connectivity index (χ0v) is 30.2. The molecule has 2 heterocycles. The van der Waals surface area contributed by atoms with Crippen molar-refractivity contribution in [2.24, 2.45) is 4.99 Å². The highest BCUT2D eigenvalue weighted by Gasteiger charge is 2.32. The highest BCUT2D eigenvalue weighted by molar-refractivity contribution is 7.07. The first-order valence-corrected chi connectivity index (χ1v) is 17.9. The number of para-hydroxylation sites is 1. The SMILES string of the molecule is CCOC(=O)c1ccc(COc2ccc(/C=c3\sc4n(c3=O)[C@@H](c3ccc(OCC)cc3)C(C(=O)Nc3ccccc3)=C(C)N=4)cc2OCC)cc1. The largest absolute Gasteiger partial charge is 0.494 e. The number of hydrogen-bond donors (Lipinski definition) is 1. The fourth-order valence-electron chi connectivity index (χ4n) is 5.83. The second-order valence-corrected chi connectivity index (χ2v) is 12.8. The van der Waals surface area contributed by atoms with E-state index in [9.17, 15) is 14.4 Å². The van der Waals surface area contributed by atoms with Crippen molar-refractivity contribution in [1.29, 1.82) is 0 Å². The Labute approximate surface area is 305 Å². The molecule has 1 atom stereocenters. The lowest BCUT2D eigenvalue weighted by atomic mass is 9.95. The smallest absolute Gasteiger partial charge is 0.338 e. The summed E-state index contributed by atoms with van der Waals surface area (Å²) in [5.41, 5.74) is 4.09. The third-order valence-corrected chi connectivity index (χ3v) is 9.21. The summed E-state index contributed by atoms with van der Waals surface area (Å²) in [5, 5.41) is 2.98. The number of thiazole rings is 1. The second-order valence-electron chi connectivity index (χ2n) is 11.7. The Kier molecular flexibility index (Phi) is 11.3. The van der Waals surface area contributed by atoms with Crippen molar-refractivity contribution in [3.63, 3.8) is 0 Å². The number of fused-ring (bicyclic) bond motifs is 1. The molecule has 5 aromatic rings. The van der Waals surface area contributed by atoms with Gasteiger partial charge < -0.3 is 24.3 Å². The minimum atomic E-state index is -0.723. The molecule has 6 rings (SSSR count). The lowest BCUT2D eigenvalue weighted by molar-refractivity contribution is -0.113. The van der Waals surface area contributed by atoms with Crippen molar-refractivity contribution in [3.8, 4) is 17.2 Å². The Balaban J connectivity index is 1.33. The summed E-state index contributed by atoms with van der Waals surface area (Å²) in [7, 11) is 0. The molecule has 0 fully saturated rings. The van der Waals surface area contributed by atoms with E-state index in [1.54, 1.807) is 42.7 Å². The van der Waals surface area contributed by atoms with E-state index in [-0.39, 0.29) is 24.0 Å². The quantitative estimate of drug-likeness (QED) is 0.140. The first-order valence-electron chi connectivity index (χ1n) is 17.1. The molecule has 0 radical (unpaired) electrons. The summed E-state index contributed by atoms with van der Waals surface area (Å²) < 4.78 is 24.8. The van der Waals surface area contributed by atoms with Crippen LogP contribution in [0.25, 0.3) is 6.08 Å². The van der Waals surface area contributed by atoms with E-state index in [1.165, 1.54) is 11.3 Å². The van der Waals surface area contributed by atoms with Crippen molar-refractivity contribution in [2.45, 2.75) is 40.3 Å². The Bertz CT molecular complexity index is 2280. The summed E-state index contributed by atoms with van der Waals surface area (Å²) in [6.45, 7) is 8.85. The van der Waals surface area contributed by atoms with Crippen LogP contribution in [-0.4, -0.2) is 36.3 Å². The van der Waals surface area contributed by atoms with E-state index in [0.29, 0.717) is 68.9 Å². The van der Waals surface area contributed by atoms with Crippen molar-refractivity contribution >= 4 is 35.0 Å². The van der Waals surface area contributed by atoms with Gasteiger partial charge in [0.25, 0.3) is 11.5 Å². The monoisotopic (exact) mass is 717 g/mol. The van der Waals surface area contributed by atoms with Crippen LogP contribution < -0.4 is 34.4 Å². The number of allylic oxidation sites excluding steroid dienone is 1. The molecule has 0 saturated heterocycles. The van der Waals surface area contributed by atoms with Gasteiger partial charge in [-0.2, -0.15) is 0 Å². The third-order valence-electron chi connectivity index (χ3n) is 8.23. The number of esters is 1. The Morgan fingerprint density at radius 3 is 2.27 bits per heavy atom. The average molecular weight is 718 g/mol. The predicted molar refractivity (Wildman–Crippen MR) is 201 cm³/mol. The van der Waals surface area contributed by atoms with E-state index < -0.39 is 6.04 Å². The van der Waals surface area contributed by atoms with Crippen LogP contribution in [0.1, 0.15) is 60.8 Å². The number of carbonyl (C=O) groups is 2. The van der Waals surface area contributed by atoms with E-state index in [0.717, 1.165) is 16.7 Å². The van der Waals surface area contributed by atoms with Crippen LogP contribution in [0, 0.1) is 0 Å². The lowest BCUT2D eigenvalue weighted by Gasteiger charge is -2.25. The van der Waals surface area contributed by atoms with Gasteiger partial charge in [0.05, 0.1) is 47.2 Å². The fraction of sp³-hybridized carbons (Fsp3) is 0.220.